The van der Waals surface area contributed by atoms with E-state index in [1.54, 1.807) is 0 Å². The van der Waals surface area contributed by atoms with Gasteiger partial charge in [0.2, 0.25) is 5.91 Å². The number of nitrogens with one attached hydrogen (secondary N) is 2. The second-order valence-corrected chi connectivity index (χ2v) is 6.14. The van der Waals surface area contributed by atoms with E-state index in [4.69, 9.17) is 0 Å². The van der Waals surface area contributed by atoms with Crippen LogP contribution in [0.1, 0.15) is 41.6 Å². The zero-order valence-corrected chi connectivity index (χ0v) is 12.8. The number of amides is 2. The molecule has 0 aromatic heterocycles. The van der Waals surface area contributed by atoms with Gasteiger partial charge in [-0.1, -0.05) is 12.1 Å². The normalized spacial score (nSPS) is 21.9. The first-order valence-corrected chi connectivity index (χ1v) is 8.11. The molecular weight excluding hydrogens is 278 g/mol. The number of carbonyl (C=O) groups is 2. The third-order valence-electron chi connectivity index (χ3n) is 4.37. The lowest BCUT2D eigenvalue weighted by Gasteiger charge is -2.24. The molecule has 2 saturated heterocycles. The number of hydrogen-bond donors (Lipinski definition) is 2. The molecule has 1 aromatic carbocycles. The molecule has 2 heterocycles. The quantitative estimate of drug-likeness (QED) is 0.881. The van der Waals surface area contributed by atoms with E-state index in [1.165, 1.54) is 0 Å². The molecule has 2 N–H and O–H groups in total. The monoisotopic (exact) mass is 301 g/mol. The van der Waals surface area contributed by atoms with Crippen molar-refractivity contribution in [3.05, 3.63) is 35.4 Å². The Morgan fingerprint density at radius 2 is 2.27 bits per heavy atom. The lowest BCUT2D eigenvalue weighted by Crippen LogP contribution is -2.45. The van der Waals surface area contributed by atoms with E-state index in [0.717, 1.165) is 44.5 Å². The fourth-order valence-corrected chi connectivity index (χ4v) is 3.15. The van der Waals surface area contributed by atoms with Gasteiger partial charge in [-0.15, -0.1) is 0 Å². The Bertz CT molecular complexity index is 553. The molecule has 3 rings (SSSR count). The number of hydrogen-bond acceptors (Lipinski definition) is 3. The van der Waals surface area contributed by atoms with Crippen LogP contribution >= 0.6 is 0 Å². The second-order valence-electron chi connectivity index (χ2n) is 6.14. The molecule has 0 bridgehead atoms. The van der Waals surface area contributed by atoms with E-state index < -0.39 is 0 Å². The largest absolute Gasteiger partial charge is 0.348 e. The predicted molar refractivity (Wildman–Crippen MR) is 84.5 cm³/mol. The summed E-state index contributed by atoms with van der Waals surface area (Å²) in [6.45, 7) is 3.30. The Labute approximate surface area is 131 Å². The maximum absolute atomic E-state index is 12.3. The van der Waals surface area contributed by atoms with Crippen LogP contribution in [0.15, 0.2) is 24.3 Å². The van der Waals surface area contributed by atoms with Gasteiger partial charge in [-0.05, 0) is 43.5 Å². The third kappa shape index (κ3) is 3.65. The van der Waals surface area contributed by atoms with Crippen LogP contribution in [0.25, 0.3) is 0 Å². The highest BCUT2D eigenvalue weighted by molar-refractivity contribution is 5.94. The van der Waals surface area contributed by atoms with E-state index in [9.17, 15) is 9.59 Å². The number of rotatable bonds is 4. The van der Waals surface area contributed by atoms with E-state index in [0.29, 0.717) is 18.5 Å². The zero-order chi connectivity index (χ0) is 15.4. The highest BCUT2D eigenvalue weighted by Gasteiger charge is 2.21. The van der Waals surface area contributed by atoms with Crippen molar-refractivity contribution in [3.8, 4) is 0 Å². The zero-order valence-electron chi connectivity index (χ0n) is 12.8. The number of piperidine rings is 1. The van der Waals surface area contributed by atoms with Crippen LogP contribution in [0, 0.1) is 0 Å². The molecule has 22 heavy (non-hydrogen) atoms. The van der Waals surface area contributed by atoms with Crippen LogP contribution in [-0.4, -0.2) is 42.4 Å². The molecule has 0 saturated carbocycles. The van der Waals surface area contributed by atoms with Crippen molar-refractivity contribution in [2.45, 2.75) is 38.3 Å². The SMILES string of the molecule is O=C(N[C@H]1CCCNC1)c1cccc(CN2CCCC2=O)c1. The molecule has 2 amide bonds. The molecule has 1 aromatic rings. The van der Waals surface area contributed by atoms with E-state index in [2.05, 4.69) is 10.6 Å². The molecule has 1 atom stereocenters. The smallest absolute Gasteiger partial charge is 0.251 e. The van der Waals surface area contributed by atoms with Gasteiger partial charge in [-0.25, -0.2) is 0 Å². The molecule has 2 fully saturated rings. The fraction of sp³-hybridized carbons (Fsp3) is 0.529. The van der Waals surface area contributed by atoms with Crippen molar-refractivity contribution in [3.63, 3.8) is 0 Å². The third-order valence-corrected chi connectivity index (χ3v) is 4.37. The fourth-order valence-electron chi connectivity index (χ4n) is 3.15. The van der Waals surface area contributed by atoms with Gasteiger partial charge in [0.25, 0.3) is 5.91 Å². The van der Waals surface area contributed by atoms with E-state index in [1.807, 2.05) is 29.2 Å². The lowest BCUT2D eigenvalue weighted by molar-refractivity contribution is -0.128. The molecule has 5 heteroatoms. The number of nitrogens with zero attached hydrogens (tertiary/aromatic N) is 1. The molecule has 0 radical (unpaired) electrons. The number of likely N-dealkylation sites (tertiary alicyclic amines) is 1. The highest BCUT2D eigenvalue weighted by Crippen LogP contribution is 2.15. The Kier molecular flexibility index (Phi) is 4.73. The summed E-state index contributed by atoms with van der Waals surface area (Å²) in [5.74, 6) is 0.187. The van der Waals surface area contributed by atoms with Gasteiger partial charge >= 0.3 is 0 Å². The van der Waals surface area contributed by atoms with Gasteiger partial charge in [0, 0.05) is 37.7 Å². The average molecular weight is 301 g/mol. The van der Waals surface area contributed by atoms with Gasteiger partial charge in [-0.2, -0.15) is 0 Å². The van der Waals surface area contributed by atoms with Gasteiger partial charge in [0.05, 0.1) is 0 Å². The standard InChI is InChI=1S/C17H23N3O2/c21-16-7-3-9-20(16)12-13-4-1-5-14(10-13)17(22)19-15-6-2-8-18-11-15/h1,4-5,10,15,18H,2-3,6-9,11-12H2,(H,19,22)/t15-/m0/s1. The van der Waals surface area contributed by atoms with E-state index >= 15 is 0 Å². The maximum Gasteiger partial charge on any atom is 0.251 e. The summed E-state index contributed by atoms with van der Waals surface area (Å²) in [7, 11) is 0. The van der Waals surface area contributed by atoms with Gasteiger partial charge in [0.1, 0.15) is 0 Å². The van der Waals surface area contributed by atoms with Crippen molar-refractivity contribution in [2.24, 2.45) is 0 Å². The van der Waals surface area contributed by atoms with Gasteiger partial charge < -0.3 is 15.5 Å². The van der Waals surface area contributed by atoms with Crippen LogP contribution in [0.2, 0.25) is 0 Å². The molecule has 118 valence electrons. The Morgan fingerprint density at radius 3 is 3.00 bits per heavy atom. The van der Waals surface area contributed by atoms with Crippen molar-refractivity contribution in [1.29, 1.82) is 0 Å². The van der Waals surface area contributed by atoms with Crippen LogP contribution in [0.4, 0.5) is 0 Å². The number of carbonyl (C=O) groups excluding carboxylic acids is 2. The van der Waals surface area contributed by atoms with Crippen molar-refractivity contribution in [2.75, 3.05) is 19.6 Å². The van der Waals surface area contributed by atoms with Crippen molar-refractivity contribution < 1.29 is 9.59 Å². The van der Waals surface area contributed by atoms with Crippen LogP contribution < -0.4 is 10.6 Å². The minimum atomic E-state index is -0.0247. The van der Waals surface area contributed by atoms with Crippen molar-refractivity contribution in [1.82, 2.24) is 15.5 Å². The summed E-state index contributed by atoms with van der Waals surface area (Å²) < 4.78 is 0. The van der Waals surface area contributed by atoms with E-state index in [-0.39, 0.29) is 17.9 Å². The Morgan fingerprint density at radius 1 is 1.36 bits per heavy atom. The molecule has 5 nitrogen and oxygen atoms in total. The summed E-state index contributed by atoms with van der Waals surface area (Å²) >= 11 is 0. The highest BCUT2D eigenvalue weighted by atomic mass is 16.2. The molecule has 0 spiro atoms. The summed E-state index contributed by atoms with van der Waals surface area (Å²) in [6, 6.07) is 7.82. The molecule has 0 unspecified atom stereocenters. The first kappa shape index (κ1) is 15.0. The molecule has 0 aliphatic carbocycles. The average Bonchev–Trinajstić information content (AvgIpc) is 2.94. The summed E-state index contributed by atoms with van der Waals surface area (Å²) in [6.07, 6.45) is 3.71. The Hall–Kier alpha value is -1.88. The first-order valence-electron chi connectivity index (χ1n) is 8.11. The minimum Gasteiger partial charge on any atom is -0.348 e. The summed E-state index contributed by atoms with van der Waals surface area (Å²) in [4.78, 5) is 25.9. The van der Waals surface area contributed by atoms with Crippen molar-refractivity contribution >= 4 is 11.8 Å². The molecule has 2 aliphatic heterocycles. The summed E-state index contributed by atoms with van der Waals surface area (Å²) in [5, 5.41) is 6.38. The maximum atomic E-state index is 12.3. The van der Waals surface area contributed by atoms with Crippen LogP contribution in [0.3, 0.4) is 0 Å². The van der Waals surface area contributed by atoms with Crippen LogP contribution in [0.5, 0.6) is 0 Å². The lowest BCUT2D eigenvalue weighted by atomic mass is 10.1. The van der Waals surface area contributed by atoms with Gasteiger partial charge in [-0.3, -0.25) is 9.59 Å². The topological polar surface area (TPSA) is 61.4 Å². The minimum absolute atomic E-state index is 0.0247. The molecule has 2 aliphatic rings. The van der Waals surface area contributed by atoms with Gasteiger partial charge in [0.15, 0.2) is 0 Å². The second kappa shape index (κ2) is 6.92. The number of benzene rings is 1. The molecular formula is C17H23N3O2. The Balaban J connectivity index is 1.62. The predicted octanol–water partition coefficient (Wildman–Crippen LogP) is 1.29. The van der Waals surface area contributed by atoms with Crippen LogP contribution in [-0.2, 0) is 11.3 Å². The summed E-state index contributed by atoms with van der Waals surface area (Å²) in [5.41, 5.74) is 1.69. The first-order chi connectivity index (χ1) is 10.7.